The standard InChI is InChI=1S/C15H13Cl3O2/c1-20-15-7-9(16)5-6-10(15)14(19)8-11-12(17)3-2-4-13(11)18/h2-7,14,19H,8H2,1H3. The van der Waals surface area contributed by atoms with Crippen LogP contribution in [0.5, 0.6) is 5.75 Å². The van der Waals surface area contributed by atoms with Gasteiger partial charge in [-0.25, -0.2) is 0 Å². The second kappa shape index (κ2) is 6.68. The molecule has 0 radical (unpaired) electrons. The zero-order valence-electron chi connectivity index (χ0n) is 10.7. The molecule has 2 aromatic carbocycles. The number of hydrogen-bond acceptors (Lipinski definition) is 2. The quantitative estimate of drug-likeness (QED) is 0.860. The molecule has 0 aliphatic heterocycles. The molecule has 0 heterocycles. The average Bonchev–Trinajstić information content (AvgIpc) is 2.42. The van der Waals surface area contributed by atoms with Gasteiger partial charge in [0.05, 0.1) is 13.2 Å². The highest BCUT2D eigenvalue weighted by Crippen LogP contribution is 2.33. The van der Waals surface area contributed by atoms with Crippen LogP contribution in [-0.2, 0) is 6.42 Å². The molecule has 1 unspecified atom stereocenters. The first-order valence-corrected chi connectivity index (χ1v) is 7.10. The van der Waals surface area contributed by atoms with Crippen molar-refractivity contribution in [3.05, 3.63) is 62.6 Å². The first-order chi connectivity index (χ1) is 9.52. The highest BCUT2D eigenvalue weighted by Gasteiger charge is 2.17. The molecule has 0 aromatic heterocycles. The van der Waals surface area contributed by atoms with E-state index in [-0.39, 0.29) is 0 Å². The molecule has 0 bridgehead atoms. The topological polar surface area (TPSA) is 29.5 Å². The third-order valence-corrected chi connectivity index (χ3v) is 3.96. The van der Waals surface area contributed by atoms with Crippen LogP contribution in [0.1, 0.15) is 17.2 Å². The summed E-state index contributed by atoms with van der Waals surface area (Å²) >= 11 is 18.1. The minimum Gasteiger partial charge on any atom is -0.496 e. The first-order valence-electron chi connectivity index (χ1n) is 5.97. The Balaban J connectivity index is 2.31. The molecule has 0 aliphatic rings. The van der Waals surface area contributed by atoms with Gasteiger partial charge < -0.3 is 9.84 Å². The van der Waals surface area contributed by atoms with Gasteiger partial charge in [0.25, 0.3) is 0 Å². The van der Waals surface area contributed by atoms with Gasteiger partial charge in [0.1, 0.15) is 5.75 Å². The van der Waals surface area contributed by atoms with Crippen LogP contribution in [-0.4, -0.2) is 12.2 Å². The molecule has 0 saturated heterocycles. The zero-order chi connectivity index (χ0) is 14.7. The average molecular weight is 332 g/mol. The van der Waals surface area contributed by atoms with Gasteiger partial charge in [0.15, 0.2) is 0 Å². The normalized spacial score (nSPS) is 12.2. The Morgan fingerprint density at radius 2 is 1.75 bits per heavy atom. The Bertz CT molecular complexity index is 594. The molecular weight excluding hydrogens is 319 g/mol. The van der Waals surface area contributed by atoms with Crippen molar-refractivity contribution in [2.24, 2.45) is 0 Å². The van der Waals surface area contributed by atoms with Crippen LogP contribution in [0, 0.1) is 0 Å². The Kier molecular flexibility index (Phi) is 5.17. The molecule has 20 heavy (non-hydrogen) atoms. The number of hydrogen-bond donors (Lipinski definition) is 1. The van der Waals surface area contributed by atoms with Gasteiger partial charge in [-0.2, -0.15) is 0 Å². The highest BCUT2D eigenvalue weighted by molar-refractivity contribution is 6.36. The van der Waals surface area contributed by atoms with Gasteiger partial charge in [-0.1, -0.05) is 46.9 Å². The second-order valence-corrected chi connectivity index (χ2v) is 5.56. The maximum absolute atomic E-state index is 10.4. The summed E-state index contributed by atoms with van der Waals surface area (Å²) in [4.78, 5) is 0. The van der Waals surface area contributed by atoms with Crippen molar-refractivity contribution in [2.75, 3.05) is 7.11 Å². The van der Waals surface area contributed by atoms with E-state index in [1.165, 1.54) is 7.11 Å². The lowest BCUT2D eigenvalue weighted by molar-refractivity contribution is 0.174. The first kappa shape index (κ1) is 15.5. The van der Waals surface area contributed by atoms with E-state index in [0.29, 0.717) is 38.4 Å². The van der Waals surface area contributed by atoms with Gasteiger partial charge in [-0.3, -0.25) is 0 Å². The van der Waals surface area contributed by atoms with E-state index in [2.05, 4.69) is 0 Å². The summed E-state index contributed by atoms with van der Waals surface area (Å²) in [6.07, 6.45) is -0.476. The van der Waals surface area contributed by atoms with Crippen molar-refractivity contribution in [1.29, 1.82) is 0 Å². The molecule has 2 aromatic rings. The van der Waals surface area contributed by atoms with Gasteiger partial charge in [-0.05, 0) is 29.8 Å². The fraction of sp³-hybridized carbons (Fsp3) is 0.200. The van der Waals surface area contributed by atoms with E-state index >= 15 is 0 Å². The van der Waals surface area contributed by atoms with Crippen molar-refractivity contribution in [2.45, 2.75) is 12.5 Å². The molecule has 0 aliphatic carbocycles. The van der Waals surface area contributed by atoms with Crippen LogP contribution >= 0.6 is 34.8 Å². The molecule has 0 spiro atoms. The predicted molar refractivity (Wildman–Crippen MR) is 83.1 cm³/mol. The largest absolute Gasteiger partial charge is 0.496 e. The van der Waals surface area contributed by atoms with Crippen molar-refractivity contribution in [3.63, 3.8) is 0 Å². The minimum atomic E-state index is -0.778. The van der Waals surface area contributed by atoms with E-state index in [9.17, 15) is 5.11 Å². The van der Waals surface area contributed by atoms with Crippen molar-refractivity contribution < 1.29 is 9.84 Å². The number of halogens is 3. The monoisotopic (exact) mass is 330 g/mol. The molecule has 5 heteroatoms. The zero-order valence-corrected chi connectivity index (χ0v) is 13.0. The van der Waals surface area contributed by atoms with E-state index in [1.807, 2.05) is 0 Å². The highest BCUT2D eigenvalue weighted by atomic mass is 35.5. The molecule has 1 atom stereocenters. The Morgan fingerprint density at radius 3 is 2.35 bits per heavy atom. The maximum atomic E-state index is 10.4. The number of rotatable bonds is 4. The molecule has 2 nitrogen and oxygen atoms in total. The van der Waals surface area contributed by atoms with Crippen molar-refractivity contribution >= 4 is 34.8 Å². The summed E-state index contributed by atoms with van der Waals surface area (Å²) in [6.45, 7) is 0. The Hall–Kier alpha value is -0.930. The third kappa shape index (κ3) is 3.39. The summed E-state index contributed by atoms with van der Waals surface area (Å²) < 4.78 is 5.24. The molecule has 106 valence electrons. The predicted octanol–water partition coefficient (Wildman–Crippen LogP) is 4.93. The summed E-state index contributed by atoms with van der Waals surface area (Å²) in [6, 6.07) is 10.4. The van der Waals surface area contributed by atoms with E-state index in [0.717, 1.165) is 0 Å². The van der Waals surface area contributed by atoms with Crippen molar-refractivity contribution in [1.82, 2.24) is 0 Å². The summed E-state index contributed by atoms with van der Waals surface area (Å²) in [5.74, 6) is 0.535. The Morgan fingerprint density at radius 1 is 1.10 bits per heavy atom. The smallest absolute Gasteiger partial charge is 0.126 e. The molecule has 0 saturated carbocycles. The summed E-state index contributed by atoms with van der Waals surface area (Å²) in [5, 5.41) is 12.0. The van der Waals surface area contributed by atoms with Crippen molar-refractivity contribution in [3.8, 4) is 5.75 Å². The molecule has 1 N–H and O–H groups in total. The lowest BCUT2D eigenvalue weighted by Crippen LogP contribution is -2.05. The minimum absolute atomic E-state index is 0.302. The van der Waals surface area contributed by atoms with Gasteiger partial charge in [0, 0.05) is 27.1 Å². The van der Waals surface area contributed by atoms with Crippen LogP contribution < -0.4 is 4.74 Å². The molecule has 0 amide bonds. The van der Waals surface area contributed by atoms with Crippen LogP contribution in [0.2, 0.25) is 15.1 Å². The number of ether oxygens (including phenoxy) is 1. The third-order valence-electron chi connectivity index (χ3n) is 3.01. The lowest BCUT2D eigenvalue weighted by Gasteiger charge is -2.16. The van der Waals surface area contributed by atoms with E-state index in [4.69, 9.17) is 39.5 Å². The molecule has 0 fully saturated rings. The lowest BCUT2D eigenvalue weighted by atomic mass is 10.0. The molecular formula is C15H13Cl3O2. The number of benzene rings is 2. The van der Waals surface area contributed by atoms with Crippen LogP contribution in [0.25, 0.3) is 0 Å². The van der Waals surface area contributed by atoms with E-state index in [1.54, 1.807) is 36.4 Å². The van der Waals surface area contributed by atoms with E-state index < -0.39 is 6.10 Å². The fourth-order valence-electron chi connectivity index (χ4n) is 1.99. The SMILES string of the molecule is COc1cc(Cl)ccc1C(O)Cc1c(Cl)cccc1Cl. The van der Waals surface area contributed by atoms with Crippen LogP contribution in [0.15, 0.2) is 36.4 Å². The van der Waals surface area contributed by atoms with Crippen LogP contribution in [0.3, 0.4) is 0 Å². The summed E-state index contributed by atoms with van der Waals surface area (Å²) in [5.41, 5.74) is 1.35. The van der Waals surface area contributed by atoms with Gasteiger partial charge >= 0.3 is 0 Å². The maximum Gasteiger partial charge on any atom is 0.126 e. The Labute approximate surface area is 132 Å². The number of aliphatic hydroxyl groups excluding tert-OH is 1. The van der Waals surface area contributed by atoms with Crippen LogP contribution in [0.4, 0.5) is 0 Å². The summed E-state index contributed by atoms with van der Waals surface area (Å²) in [7, 11) is 1.53. The number of aliphatic hydroxyl groups is 1. The number of methoxy groups -OCH3 is 1. The second-order valence-electron chi connectivity index (χ2n) is 4.31. The van der Waals surface area contributed by atoms with Gasteiger partial charge in [-0.15, -0.1) is 0 Å². The van der Waals surface area contributed by atoms with Gasteiger partial charge in [0.2, 0.25) is 0 Å². The molecule has 2 rings (SSSR count). The fourth-order valence-corrected chi connectivity index (χ4v) is 2.70.